The highest BCUT2D eigenvalue weighted by atomic mass is 15.2. The van der Waals surface area contributed by atoms with Crippen LogP contribution in [-0.2, 0) is 10.8 Å². The van der Waals surface area contributed by atoms with Crippen LogP contribution in [0.15, 0.2) is 109 Å². The van der Waals surface area contributed by atoms with E-state index in [0.717, 1.165) is 17.2 Å². The summed E-state index contributed by atoms with van der Waals surface area (Å²) < 4.78 is 2.47. The largest absolute Gasteiger partial charge is 0.309 e. The molecule has 0 amide bonds. The van der Waals surface area contributed by atoms with Gasteiger partial charge in [0.2, 0.25) is 0 Å². The molecule has 39 heavy (non-hydrogen) atoms. The first kappa shape index (κ1) is 23.7. The molecule has 2 aromatic heterocycles. The topological polar surface area (TPSA) is 21.1 Å². The van der Waals surface area contributed by atoms with E-state index >= 15 is 0 Å². The summed E-state index contributed by atoms with van der Waals surface area (Å²) in [5.74, 6) is 0.903. The van der Waals surface area contributed by atoms with Gasteiger partial charge in [0, 0.05) is 33.8 Å². The highest BCUT2D eigenvalue weighted by Gasteiger charge is 2.34. The highest BCUT2D eigenvalue weighted by molar-refractivity contribution is 6.12. The lowest BCUT2D eigenvalue weighted by molar-refractivity contribution is 0.590. The zero-order valence-corrected chi connectivity index (χ0v) is 23.2. The van der Waals surface area contributed by atoms with Gasteiger partial charge >= 0.3 is 0 Å². The maximum absolute atomic E-state index is 4.76. The molecule has 1 aliphatic heterocycles. The maximum atomic E-state index is 4.76. The Balaban J connectivity index is 1.48. The van der Waals surface area contributed by atoms with Crippen molar-refractivity contribution in [1.29, 1.82) is 0 Å². The normalized spacial score (nSPS) is 14.0. The van der Waals surface area contributed by atoms with Crippen LogP contribution in [0.2, 0.25) is 0 Å². The molecule has 1 aliphatic rings. The minimum absolute atomic E-state index is 0.0713. The fraction of sp³-hybridized carbons (Fsp3) is 0.194. The lowest BCUT2D eigenvalue weighted by Gasteiger charge is -2.34. The number of pyridine rings is 1. The summed E-state index contributed by atoms with van der Waals surface area (Å²) in [5, 5.41) is 2.54. The average molecular weight is 508 g/mol. The molecule has 0 spiro atoms. The Morgan fingerprint density at radius 2 is 1.41 bits per heavy atom. The van der Waals surface area contributed by atoms with Gasteiger partial charge in [-0.3, -0.25) is 4.90 Å². The Kier molecular flexibility index (Phi) is 5.06. The first-order valence-electron chi connectivity index (χ1n) is 13.7. The number of para-hydroxylation sites is 2. The van der Waals surface area contributed by atoms with Crippen molar-refractivity contribution in [3.05, 3.63) is 126 Å². The maximum Gasteiger partial charge on any atom is 0.137 e. The molecule has 7 rings (SSSR count). The zero-order chi connectivity index (χ0) is 26.9. The first-order chi connectivity index (χ1) is 18.7. The van der Waals surface area contributed by atoms with E-state index in [0.29, 0.717) is 0 Å². The molecule has 0 saturated heterocycles. The van der Waals surface area contributed by atoms with Gasteiger partial charge in [-0.05, 0) is 70.6 Å². The second-order valence-electron chi connectivity index (χ2n) is 12.2. The van der Waals surface area contributed by atoms with E-state index in [1.807, 2.05) is 12.3 Å². The van der Waals surface area contributed by atoms with E-state index in [1.54, 1.807) is 0 Å². The van der Waals surface area contributed by atoms with Gasteiger partial charge < -0.3 is 4.57 Å². The van der Waals surface area contributed by atoms with Crippen molar-refractivity contribution in [3.63, 3.8) is 0 Å². The van der Waals surface area contributed by atoms with E-state index in [-0.39, 0.29) is 10.8 Å². The SMILES string of the molecule is CC(C)(C)c1ccc(N(c2ccc3c(c2)c2cccc4c2n3-c2ccccc2C4(C)C)c2ccccn2)cc1. The van der Waals surface area contributed by atoms with Crippen molar-refractivity contribution in [2.45, 2.75) is 45.4 Å². The van der Waals surface area contributed by atoms with Crippen LogP contribution in [0.1, 0.15) is 51.3 Å². The Bertz CT molecular complexity index is 1850. The summed E-state index contributed by atoms with van der Waals surface area (Å²) in [5.41, 5.74) is 10.1. The van der Waals surface area contributed by atoms with Crippen LogP contribution in [0.25, 0.3) is 27.5 Å². The van der Waals surface area contributed by atoms with Crippen molar-refractivity contribution in [2.75, 3.05) is 4.90 Å². The summed E-state index contributed by atoms with van der Waals surface area (Å²) in [7, 11) is 0. The molecular weight excluding hydrogens is 474 g/mol. The summed E-state index contributed by atoms with van der Waals surface area (Å²) in [6.45, 7) is 11.4. The third kappa shape index (κ3) is 3.53. The molecule has 3 heterocycles. The quantitative estimate of drug-likeness (QED) is 0.238. The molecule has 0 bridgehead atoms. The smallest absolute Gasteiger partial charge is 0.137 e. The van der Waals surface area contributed by atoms with E-state index in [1.165, 1.54) is 44.2 Å². The van der Waals surface area contributed by atoms with E-state index in [2.05, 4.69) is 141 Å². The van der Waals surface area contributed by atoms with Crippen molar-refractivity contribution in [2.24, 2.45) is 0 Å². The predicted octanol–water partition coefficient (Wildman–Crippen LogP) is 9.59. The second-order valence-corrected chi connectivity index (χ2v) is 12.2. The van der Waals surface area contributed by atoms with Gasteiger partial charge in [-0.25, -0.2) is 4.98 Å². The number of hydrogen-bond acceptors (Lipinski definition) is 2. The minimum Gasteiger partial charge on any atom is -0.309 e. The van der Waals surface area contributed by atoms with Crippen LogP contribution in [0.3, 0.4) is 0 Å². The summed E-state index contributed by atoms with van der Waals surface area (Å²) >= 11 is 0. The van der Waals surface area contributed by atoms with Crippen LogP contribution in [0, 0.1) is 0 Å². The molecule has 192 valence electrons. The third-order valence-electron chi connectivity index (χ3n) is 8.39. The molecule has 0 aliphatic carbocycles. The van der Waals surface area contributed by atoms with Gasteiger partial charge in [0.1, 0.15) is 5.82 Å². The molecule has 0 N–H and O–H groups in total. The summed E-state index contributed by atoms with van der Waals surface area (Å²) in [6.07, 6.45) is 1.87. The van der Waals surface area contributed by atoms with Crippen molar-refractivity contribution >= 4 is 39.0 Å². The number of aromatic nitrogens is 2. The Hall–Kier alpha value is -4.37. The lowest BCUT2D eigenvalue weighted by Crippen LogP contribution is -2.26. The van der Waals surface area contributed by atoms with Crippen molar-refractivity contribution in [3.8, 4) is 5.69 Å². The predicted molar refractivity (Wildman–Crippen MR) is 164 cm³/mol. The van der Waals surface area contributed by atoms with Crippen molar-refractivity contribution < 1.29 is 0 Å². The fourth-order valence-electron chi connectivity index (χ4n) is 6.30. The Labute approximate surface area is 230 Å². The number of nitrogens with zero attached hydrogens (tertiary/aromatic N) is 3. The number of rotatable bonds is 3. The van der Waals surface area contributed by atoms with E-state index in [4.69, 9.17) is 4.98 Å². The molecule has 3 heteroatoms. The Morgan fingerprint density at radius 1 is 0.692 bits per heavy atom. The molecule has 0 fully saturated rings. The van der Waals surface area contributed by atoms with Gasteiger partial charge in [-0.1, -0.05) is 89.2 Å². The number of hydrogen-bond donors (Lipinski definition) is 0. The molecule has 0 radical (unpaired) electrons. The van der Waals surface area contributed by atoms with Crippen LogP contribution in [-0.4, -0.2) is 9.55 Å². The summed E-state index contributed by atoms with van der Waals surface area (Å²) in [6, 6.07) is 37.5. The zero-order valence-electron chi connectivity index (χ0n) is 23.2. The third-order valence-corrected chi connectivity index (χ3v) is 8.39. The fourth-order valence-corrected chi connectivity index (χ4v) is 6.30. The standard InChI is InChI=1S/C36H33N3/c1-35(2,3)24-16-18-25(19-17-24)38(33-15-8-9-22-37-33)26-20-21-31-28(23-26)27-11-10-13-30-34(27)39(31)32-14-7-6-12-29(32)36(30,4)5/h6-23H,1-5H3. The van der Waals surface area contributed by atoms with Crippen LogP contribution in [0.5, 0.6) is 0 Å². The van der Waals surface area contributed by atoms with Gasteiger partial charge in [-0.2, -0.15) is 0 Å². The molecule has 0 saturated carbocycles. The molecule has 6 aromatic rings. The van der Waals surface area contributed by atoms with Crippen LogP contribution in [0.4, 0.5) is 17.2 Å². The van der Waals surface area contributed by atoms with Crippen LogP contribution < -0.4 is 4.90 Å². The Morgan fingerprint density at radius 3 is 2.15 bits per heavy atom. The monoisotopic (exact) mass is 507 g/mol. The molecule has 4 aromatic carbocycles. The van der Waals surface area contributed by atoms with Crippen molar-refractivity contribution in [1.82, 2.24) is 9.55 Å². The molecule has 3 nitrogen and oxygen atoms in total. The van der Waals surface area contributed by atoms with Crippen LogP contribution >= 0.6 is 0 Å². The van der Waals surface area contributed by atoms with E-state index < -0.39 is 0 Å². The van der Waals surface area contributed by atoms with Gasteiger partial charge in [0.25, 0.3) is 0 Å². The van der Waals surface area contributed by atoms with Gasteiger partial charge in [0.05, 0.1) is 16.7 Å². The number of benzene rings is 4. The van der Waals surface area contributed by atoms with E-state index in [9.17, 15) is 0 Å². The van der Waals surface area contributed by atoms with Gasteiger partial charge in [-0.15, -0.1) is 0 Å². The summed E-state index contributed by atoms with van der Waals surface area (Å²) in [4.78, 5) is 7.02. The first-order valence-corrected chi connectivity index (χ1v) is 13.7. The molecular formula is C36H33N3. The number of anilines is 3. The lowest BCUT2D eigenvalue weighted by atomic mass is 9.75. The van der Waals surface area contributed by atoms with Gasteiger partial charge in [0.15, 0.2) is 0 Å². The second kappa shape index (κ2) is 8.31. The molecule has 0 unspecified atom stereocenters. The highest BCUT2D eigenvalue weighted by Crippen LogP contribution is 2.48. The molecule has 0 atom stereocenters. The minimum atomic E-state index is -0.0713. The average Bonchev–Trinajstić information content (AvgIpc) is 3.27. The number of fused-ring (bicyclic) bond motifs is 5.